The van der Waals surface area contributed by atoms with Crippen LogP contribution in [0.15, 0.2) is 34.7 Å². The Morgan fingerprint density at radius 1 is 0.875 bits per heavy atom. The lowest BCUT2D eigenvalue weighted by atomic mass is 9.77. The zero-order chi connectivity index (χ0) is 21.9. The Balaban J connectivity index is 1.23. The average molecular weight is 436 g/mol. The average Bonchev–Trinajstić information content (AvgIpc) is 3.52. The van der Waals surface area contributed by atoms with E-state index in [4.69, 9.17) is 9.40 Å². The number of fused-ring (bicyclic) bond motifs is 1. The van der Waals surface area contributed by atoms with Crippen molar-refractivity contribution in [2.24, 2.45) is 11.8 Å². The molecule has 6 heteroatoms. The van der Waals surface area contributed by atoms with Crippen molar-refractivity contribution in [2.45, 2.75) is 64.3 Å². The zero-order valence-corrected chi connectivity index (χ0v) is 18.8. The van der Waals surface area contributed by atoms with Crippen LogP contribution >= 0.6 is 0 Å². The summed E-state index contributed by atoms with van der Waals surface area (Å²) in [6.07, 6.45) is 8.29. The highest BCUT2D eigenvalue weighted by Crippen LogP contribution is 2.35. The van der Waals surface area contributed by atoms with E-state index in [0.717, 1.165) is 81.8 Å². The molecule has 32 heavy (non-hydrogen) atoms. The van der Waals surface area contributed by atoms with Gasteiger partial charge in [0.1, 0.15) is 11.5 Å². The van der Waals surface area contributed by atoms with Crippen LogP contribution < -0.4 is 0 Å². The summed E-state index contributed by atoms with van der Waals surface area (Å²) >= 11 is 0. The van der Waals surface area contributed by atoms with Gasteiger partial charge < -0.3 is 14.2 Å². The lowest BCUT2D eigenvalue weighted by Gasteiger charge is -2.36. The second-order valence-corrected chi connectivity index (χ2v) is 9.50. The maximum atomic E-state index is 13.5. The Labute approximate surface area is 190 Å². The van der Waals surface area contributed by atoms with Crippen molar-refractivity contribution in [2.75, 3.05) is 19.6 Å². The maximum absolute atomic E-state index is 13.5. The first kappa shape index (κ1) is 21.2. The van der Waals surface area contributed by atoms with Gasteiger partial charge in [0.2, 0.25) is 11.8 Å². The maximum Gasteiger partial charge on any atom is 0.226 e. The first-order valence-electron chi connectivity index (χ1n) is 12.3. The molecule has 5 rings (SSSR count). The number of carbonyl (C=O) groups is 2. The summed E-state index contributed by atoms with van der Waals surface area (Å²) in [5, 5.41) is 0. The molecule has 1 aromatic carbocycles. The molecule has 1 aromatic heterocycles. The van der Waals surface area contributed by atoms with E-state index < -0.39 is 0 Å². The van der Waals surface area contributed by atoms with Crippen molar-refractivity contribution in [3.05, 3.63) is 53.2 Å². The highest BCUT2D eigenvalue weighted by Gasteiger charge is 2.41. The summed E-state index contributed by atoms with van der Waals surface area (Å²) < 4.78 is 6.02. The molecule has 1 saturated heterocycles. The highest BCUT2D eigenvalue weighted by molar-refractivity contribution is 5.88. The van der Waals surface area contributed by atoms with Gasteiger partial charge in [-0.05, 0) is 37.7 Å². The topological polar surface area (TPSA) is 66.7 Å². The molecule has 0 radical (unpaired) electrons. The van der Waals surface area contributed by atoms with E-state index in [2.05, 4.69) is 12.1 Å². The second-order valence-electron chi connectivity index (χ2n) is 9.50. The molecule has 3 aliphatic rings. The first-order valence-corrected chi connectivity index (χ1v) is 12.3. The minimum absolute atomic E-state index is 0.140. The molecule has 6 nitrogen and oxygen atoms in total. The van der Waals surface area contributed by atoms with E-state index in [1.807, 2.05) is 28.0 Å². The number of aryl methyl sites for hydroxylation is 2. The number of oxazole rings is 1. The Morgan fingerprint density at radius 3 is 2.28 bits per heavy atom. The van der Waals surface area contributed by atoms with Gasteiger partial charge in [-0.15, -0.1) is 0 Å². The van der Waals surface area contributed by atoms with Gasteiger partial charge in [0.25, 0.3) is 0 Å². The summed E-state index contributed by atoms with van der Waals surface area (Å²) in [4.78, 5) is 35.3. The lowest BCUT2D eigenvalue weighted by Crippen LogP contribution is -2.47. The minimum atomic E-state index is -0.178. The fourth-order valence-electron chi connectivity index (χ4n) is 5.57. The minimum Gasteiger partial charge on any atom is -0.445 e. The summed E-state index contributed by atoms with van der Waals surface area (Å²) in [6.45, 7) is 2.87. The molecule has 2 amide bonds. The van der Waals surface area contributed by atoms with E-state index in [9.17, 15) is 9.59 Å². The Bertz CT molecular complexity index is 948. The molecule has 1 saturated carbocycles. The quantitative estimate of drug-likeness (QED) is 0.717. The van der Waals surface area contributed by atoms with Crippen LogP contribution in [0.1, 0.15) is 61.4 Å². The van der Waals surface area contributed by atoms with Crippen molar-refractivity contribution < 1.29 is 14.0 Å². The van der Waals surface area contributed by atoms with Crippen LogP contribution in [0.25, 0.3) is 0 Å². The first-order chi connectivity index (χ1) is 15.7. The fourth-order valence-corrected chi connectivity index (χ4v) is 5.57. The van der Waals surface area contributed by atoms with E-state index in [1.54, 1.807) is 0 Å². The third-order valence-corrected chi connectivity index (χ3v) is 7.37. The van der Waals surface area contributed by atoms with Gasteiger partial charge in [0.05, 0.1) is 6.54 Å². The van der Waals surface area contributed by atoms with E-state index >= 15 is 0 Å². The number of hydrogen-bond donors (Lipinski definition) is 0. The summed E-state index contributed by atoms with van der Waals surface area (Å²) in [7, 11) is 0. The number of amides is 2. The van der Waals surface area contributed by atoms with Gasteiger partial charge >= 0.3 is 0 Å². The molecule has 0 unspecified atom stereocenters. The fraction of sp³-hybridized carbons (Fsp3) is 0.577. The van der Waals surface area contributed by atoms with Gasteiger partial charge in [-0.1, -0.05) is 43.2 Å². The number of hydrogen-bond acceptors (Lipinski definition) is 4. The van der Waals surface area contributed by atoms with Gasteiger partial charge in [0.15, 0.2) is 5.89 Å². The Morgan fingerprint density at radius 2 is 1.56 bits per heavy atom. The molecule has 0 spiro atoms. The molecule has 2 atom stereocenters. The van der Waals surface area contributed by atoms with E-state index in [-0.39, 0.29) is 23.7 Å². The van der Waals surface area contributed by atoms with Crippen LogP contribution in [-0.2, 0) is 35.4 Å². The Hall–Kier alpha value is -2.63. The molecule has 2 aromatic rings. The van der Waals surface area contributed by atoms with Crippen molar-refractivity contribution in [3.8, 4) is 0 Å². The zero-order valence-electron chi connectivity index (χ0n) is 18.8. The van der Waals surface area contributed by atoms with Crippen LogP contribution in [-0.4, -0.2) is 46.2 Å². The molecule has 2 fully saturated rings. The van der Waals surface area contributed by atoms with Crippen LogP contribution in [0.3, 0.4) is 0 Å². The summed E-state index contributed by atoms with van der Waals surface area (Å²) in [6, 6.07) is 10.4. The van der Waals surface area contributed by atoms with Gasteiger partial charge in [-0.2, -0.15) is 0 Å². The monoisotopic (exact) mass is 435 g/mol. The molecule has 3 heterocycles. The van der Waals surface area contributed by atoms with Crippen molar-refractivity contribution in [1.82, 2.24) is 14.8 Å². The third kappa shape index (κ3) is 4.45. The SMILES string of the molecule is O=C([C@H]1CCCC[C@H]1C(=O)N1CCCC1)N1CCc2oc(CCc3ccccc3)nc2C1. The van der Waals surface area contributed by atoms with Gasteiger partial charge in [-0.3, -0.25) is 9.59 Å². The normalized spacial score (nSPS) is 23.2. The number of benzene rings is 1. The van der Waals surface area contributed by atoms with E-state index in [0.29, 0.717) is 19.5 Å². The number of nitrogens with zero attached hydrogens (tertiary/aromatic N) is 3. The molecule has 1 aliphatic carbocycles. The lowest BCUT2D eigenvalue weighted by molar-refractivity contribution is -0.148. The highest BCUT2D eigenvalue weighted by atomic mass is 16.4. The molecule has 170 valence electrons. The largest absolute Gasteiger partial charge is 0.445 e. The summed E-state index contributed by atoms with van der Waals surface area (Å²) in [5.74, 6) is 1.71. The van der Waals surface area contributed by atoms with Crippen LogP contribution in [0, 0.1) is 11.8 Å². The third-order valence-electron chi connectivity index (χ3n) is 7.37. The number of rotatable bonds is 5. The molecular weight excluding hydrogens is 402 g/mol. The van der Waals surface area contributed by atoms with Crippen LogP contribution in [0.2, 0.25) is 0 Å². The number of aromatic nitrogens is 1. The second kappa shape index (κ2) is 9.47. The molecular formula is C26H33N3O3. The molecule has 0 bridgehead atoms. The summed E-state index contributed by atoms with van der Waals surface area (Å²) in [5.41, 5.74) is 2.16. The van der Waals surface area contributed by atoms with Crippen molar-refractivity contribution >= 4 is 11.8 Å². The standard InChI is InChI=1S/C26H33N3O3/c30-25(28-15-6-7-16-28)20-10-4-5-11-21(20)26(31)29-17-14-23-22(18-29)27-24(32-23)13-12-19-8-2-1-3-9-19/h1-3,8-9,20-21H,4-7,10-18H2/t20-,21+/m1/s1. The number of carbonyl (C=O) groups excluding carboxylic acids is 2. The van der Waals surface area contributed by atoms with Gasteiger partial charge in [0, 0.05) is 44.3 Å². The molecule has 2 aliphatic heterocycles. The predicted molar refractivity (Wildman–Crippen MR) is 121 cm³/mol. The van der Waals surface area contributed by atoms with Gasteiger partial charge in [-0.25, -0.2) is 4.98 Å². The smallest absolute Gasteiger partial charge is 0.226 e. The van der Waals surface area contributed by atoms with Crippen molar-refractivity contribution in [3.63, 3.8) is 0 Å². The number of likely N-dealkylation sites (tertiary alicyclic amines) is 1. The van der Waals surface area contributed by atoms with Crippen LogP contribution in [0.4, 0.5) is 0 Å². The van der Waals surface area contributed by atoms with E-state index in [1.165, 1.54) is 5.56 Å². The Kier molecular flexibility index (Phi) is 6.28. The predicted octanol–water partition coefficient (Wildman–Crippen LogP) is 3.77. The molecule has 0 N–H and O–H groups in total. The van der Waals surface area contributed by atoms with Crippen LogP contribution in [0.5, 0.6) is 0 Å². The van der Waals surface area contributed by atoms with Crippen molar-refractivity contribution in [1.29, 1.82) is 0 Å².